The third kappa shape index (κ3) is 5.19. The lowest BCUT2D eigenvalue weighted by Crippen LogP contribution is -2.39. The van der Waals surface area contributed by atoms with Crippen LogP contribution in [0.4, 0.5) is 8.78 Å². The summed E-state index contributed by atoms with van der Waals surface area (Å²) in [5, 5.41) is 0. The molecule has 0 aromatic heterocycles. The maximum atomic E-state index is 12.4. The van der Waals surface area contributed by atoms with Gasteiger partial charge in [0.1, 0.15) is 12.4 Å². The molecule has 0 saturated carbocycles. The molecular formula is C14H22F2N2O3S. The van der Waals surface area contributed by atoms with Crippen LogP contribution in [-0.2, 0) is 10.0 Å². The highest BCUT2D eigenvalue weighted by Gasteiger charge is 2.27. The van der Waals surface area contributed by atoms with Crippen LogP contribution in [0.15, 0.2) is 29.2 Å². The van der Waals surface area contributed by atoms with Gasteiger partial charge in [-0.25, -0.2) is 21.5 Å². The lowest BCUT2D eigenvalue weighted by atomic mass is 9.94. The Kier molecular flexibility index (Phi) is 6.27. The first-order valence-corrected chi connectivity index (χ1v) is 8.20. The molecule has 0 saturated heterocycles. The number of hydrogen-bond acceptors (Lipinski definition) is 4. The van der Waals surface area contributed by atoms with Gasteiger partial charge in [-0.1, -0.05) is 13.8 Å². The second-order valence-corrected chi connectivity index (χ2v) is 7.85. The first-order chi connectivity index (χ1) is 10.1. The van der Waals surface area contributed by atoms with E-state index in [0.29, 0.717) is 6.54 Å². The van der Waals surface area contributed by atoms with Gasteiger partial charge in [-0.05, 0) is 36.2 Å². The van der Waals surface area contributed by atoms with Crippen molar-refractivity contribution in [3.05, 3.63) is 24.3 Å². The molecule has 0 atom stereocenters. The second-order valence-electron chi connectivity index (χ2n) is 5.80. The summed E-state index contributed by atoms with van der Waals surface area (Å²) in [6, 6.07) is 5.39. The molecule has 0 bridgehead atoms. The van der Waals surface area contributed by atoms with Crippen LogP contribution in [0.1, 0.15) is 13.8 Å². The maximum Gasteiger partial charge on any atom is 0.272 e. The maximum absolute atomic E-state index is 12.4. The minimum Gasteiger partial charge on any atom is -0.488 e. The first-order valence-electron chi connectivity index (χ1n) is 6.76. The standard InChI is InChI=1S/C14H22F2N2O3S/c1-14(2,9-17)10-18(3)22(19,20)12-6-4-11(5-7-12)21-8-13(15)16/h4-7,13H,8-10,17H2,1-3H3. The Labute approximate surface area is 130 Å². The van der Waals surface area contributed by atoms with E-state index in [2.05, 4.69) is 0 Å². The largest absolute Gasteiger partial charge is 0.488 e. The number of nitrogens with zero attached hydrogens (tertiary/aromatic N) is 1. The van der Waals surface area contributed by atoms with Crippen molar-refractivity contribution in [2.45, 2.75) is 25.2 Å². The molecule has 1 aromatic carbocycles. The number of benzene rings is 1. The van der Waals surface area contributed by atoms with Crippen molar-refractivity contribution in [2.24, 2.45) is 11.1 Å². The second kappa shape index (κ2) is 7.34. The average molecular weight is 336 g/mol. The van der Waals surface area contributed by atoms with Crippen LogP contribution < -0.4 is 10.5 Å². The zero-order valence-electron chi connectivity index (χ0n) is 12.9. The van der Waals surface area contributed by atoms with E-state index in [9.17, 15) is 17.2 Å². The molecule has 8 heteroatoms. The molecule has 0 fully saturated rings. The van der Waals surface area contributed by atoms with Crippen LogP contribution in [0.25, 0.3) is 0 Å². The average Bonchev–Trinajstić information content (AvgIpc) is 2.45. The number of alkyl halides is 2. The molecule has 0 unspecified atom stereocenters. The molecule has 0 radical (unpaired) electrons. The molecular weight excluding hydrogens is 314 g/mol. The van der Waals surface area contributed by atoms with Crippen molar-refractivity contribution in [3.8, 4) is 5.75 Å². The molecule has 0 heterocycles. The number of rotatable bonds is 8. The van der Waals surface area contributed by atoms with E-state index < -0.39 is 23.1 Å². The zero-order valence-corrected chi connectivity index (χ0v) is 13.7. The van der Waals surface area contributed by atoms with Crippen LogP contribution >= 0.6 is 0 Å². The van der Waals surface area contributed by atoms with E-state index in [4.69, 9.17) is 10.5 Å². The summed E-state index contributed by atoms with van der Waals surface area (Å²) in [5.41, 5.74) is 5.27. The summed E-state index contributed by atoms with van der Waals surface area (Å²) < 4.78 is 55.0. The normalized spacial score (nSPS) is 12.9. The summed E-state index contributed by atoms with van der Waals surface area (Å²) in [5.74, 6) is 0.198. The smallest absolute Gasteiger partial charge is 0.272 e. The Morgan fingerprint density at radius 2 is 1.82 bits per heavy atom. The van der Waals surface area contributed by atoms with E-state index in [1.165, 1.54) is 35.6 Å². The lowest BCUT2D eigenvalue weighted by Gasteiger charge is -2.28. The molecule has 0 aliphatic rings. The van der Waals surface area contributed by atoms with Gasteiger partial charge in [0.05, 0.1) is 4.90 Å². The third-order valence-corrected chi connectivity index (χ3v) is 4.93. The highest BCUT2D eigenvalue weighted by Crippen LogP contribution is 2.22. The summed E-state index contributed by atoms with van der Waals surface area (Å²) in [6.45, 7) is 3.65. The minimum absolute atomic E-state index is 0.0761. The molecule has 5 nitrogen and oxygen atoms in total. The number of hydrogen-bond donors (Lipinski definition) is 1. The highest BCUT2D eigenvalue weighted by molar-refractivity contribution is 7.89. The van der Waals surface area contributed by atoms with E-state index in [-0.39, 0.29) is 22.6 Å². The van der Waals surface area contributed by atoms with Crippen molar-refractivity contribution in [1.29, 1.82) is 0 Å². The summed E-state index contributed by atoms with van der Waals surface area (Å²) >= 11 is 0. The van der Waals surface area contributed by atoms with Crippen LogP contribution in [-0.4, -0.2) is 45.9 Å². The van der Waals surface area contributed by atoms with Crippen molar-refractivity contribution in [2.75, 3.05) is 26.7 Å². The van der Waals surface area contributed by atoms with E-state index in [1.807, 2.05) is 13.8 Å². The Morgan fingerprint density at radius 1 is 1.27 bits per heavy atom. The Bertz CT molecular complexity index is 574. The Hall–Kier alpha value is -1.25. The summed E-state index contributed by atoms with van der Waals surface area (Å²) in [4.78, 5) is 0.0761. The summed E-state index contributed by atoms with van der Waals surface area (Å²) in [6.07, 6.45) is -2.58. The highest BCUT2D eigenvalue weighted by atomic mass is 32.2. The Morgan fingerprint density at radius 3 is 2.27 bits per heavy atom. The predicted molar refractivity (Wildman–Crippen MR) is 80.6 cm³/mol. The van der Waals surface area contributed by atoms with Gasteiger partial charge in [0, 0.05) is 13.6 Å². The van der Waals surface area contributed by atoms with Crippen molar-refractivity contribution < 1.29 is 21.9 Å². The third-order valence-electron chi connectivity index (χ3n) is 3.11. The molecule has 0 amide bonds. The van der Waals surface area contributed by atoms with Gasteiger partial charge in [-0.2, -0.15) is 0 Å². The van der Waals surface area contributed by atoms with Gasteiger partial charge in [-0.15, -0.1) is 0 Å². The molecule has 0 spiro atoms. The van der Waals surface area contributed by atoms with Crippen LogP contribution in [0.3, 0.4) is 0 Å². The fourth-order valence-electron chi connectivity index (χ4n) is 1.80. The molecule has 0 aliphatic heterocycles. The zero-order chi connectivity index (χ0) is 17.0. The molecule has 1 rings (SSSR count). The van der Waals surface area contributed by atoms with E-state index in [1.54, 1.807) is 0 Å². The van der Waals surface area contributed by atoms with Gasteiger partial charge in [0.25, 0.3) is 6.43 Å². The SMILES string of the molecule is CN(CC(C)(C)CN)S(=O)(=O)c1ccc(OCC(F)F)cc1. The minimum atomic E-state index is -3.66. The number of nitrogens with two attached hydrogens (primary N) is 1. The Balaban J connectivity index is 2.85. The quantitative estimate of drug-likeness (QED) is 0.787. The fraction of sp³-hybridized carbons (Fsp3) is 0.571. The van der Waals surface area contributed by atoms with Crippen molar-refractivity contribution >= 4 is 10.0 Å². The summed E-state index contributed by atoms with van der Waals surface area (Å²) in [7, 11) is -2.18. The van der Waals surface area contributed by atoms with Crippen molar-refractivity contribution in [3.63, 3.8) is 0 Å². The van der Waals surface area contributed by atoms with Gasteiger partial charge < -0.3 is 10.5 Å². The lowest BCUT2D eigenvalue weighted by molar-refractivity contribution is 0.0819. The van der Waals surface area contributed by atoms with Gasteiger partial charge in [0.15, 0.2) is 0 Å². The van der Waals surface area contributed by atoms with Crippen LogP contribution in [0, 0.1) is 5.41 Å². The molecule has 126 valence electrons. The number of ether oxygens (including phenoxy) is 1. The molecule has 22 heavy (non-hydrogen) atoms. The van der Waals surface area contributed by atoms with Crippen LogP contribution in [0.2, 0.25) is 0 Å². The topological polar surface area (TPSA) is 72.6 Å². The van der Waals surface area contributed by atoms with E-state index in [0.717, 1.165) is 0 Å². The van der Waals surface area contributed by atoms with Gasteiger partial charge in [-0.3, -0.25) is 0 Å². The van der Waals surface area contributed by atoms with Crippen LogP contribution in [0.5, 0.6) is 5.75 Å². The van der Waals surface area contributed by atoms with Crippen molar-refractivity contribution in [1.82, 2.24) is 4.31 Å². The monoisotopic (exact) mass is 336 g/mol. The molecule has 1 aromatic rings. The van der Waals surface area contributed by atoms with Gasteiger partial charge in [0.2, 0.25) is 10.0 Å². The van der Waals surface area contributed by atoms with Gasteiger partial charge >= 0.3 is 0 Å². The van der Waals surface area contributed by atoms with E-state index >= 15 is 0 Å². The number of sulfonamides is 1. The molecule has 2 N–H and O–H groups in total. The fourth-order valence-corrected chi connectivity index (χ4v) is 3.16. The predicted octanol–water partition coefficient (Wildman–Crippen LogP) is 1.94. The number of halogens is 2. The first kappa shape index (κ1) is 18.8. The molecule has 0 aliphatic carbocycles.